The Morgan fingerprint density at radius 2 is 1.96 bits per heavy atom. The monoisotopic (exact) mass is 420 g/mol. The number of halogens is 2. The van der Waals surface area contributed by atoms with Crippen molar-refractivity contribution in [1.82, 2.24) is 0 Å². The number of nitriles is 1. The lowest BCUT2D eigenvalue weighted by Crippen LogP contribution is -2.18. The van der Waals surface area contributed by atoms with E-state index >= 15 is 0 Å². The lowest BCUT2D eigenvalue weighted by molar-refractivity contribution is 0.102. The Balaban J connectivity index is 2.50. The van der Waals surface area contributed by atoms with Crippen LogP contribution in [-0.2, 0) is 5.41 Å². The van der Waals surface area contributed by atoms with Crippen molar-refractivity contribution in [1.29, 1.82) is 5.26 Å². The van der Waals surface area contributed by atoms with Gasteiger partial charge in [0.15, 0.2) is 0 Å². The summed E-state index contributed by atoms with van der Waals surface area (Å²) in [6.07, 6.45) is 0. The summed E-state index contributed by atoms with van der Waals surface area (Å²) in [5.41, 5.74) is 1.94. The van der Waals surface area contributed by atoms with Gasteiger partial charge in [-0.3, -0.25) is 4.79 Å². The fourth-order valence-corrected chi connectivity index (χ4v) is 3.11. The molecule has 0 aliphatic carbocycles. The van der Waals surface area contributed by atoms with Crippen LogP contribution < -0.4 is 5.32 Å². The number of aromatic hydroxyl groups is 1. The number of amides is 1. The van der Waals surface area contributed by atoms with Crippen molar-refractivity contribution in [3.05, 3.63) is 56.0 Å². The van der Waals surface area contributed by atoms with Crippen molar-refractivity contribution in [2.75, 3.05) is 5.32 Å². The molecular weight excluding hydrogens is 404 g/mol. The summed E-state index contributed by atoms with van der Waals surface area (Å²) in [5, 5.41) is 22.5. The van der Waals surface area contributed by atoms with Gasteiger partial charge in [-0.25, -0.2) is 0 Å². The summed E-state index contributed by atoms with van der Waals surface area (Å²) >= 11 is 9.57. The Morgan fingerprint density at radius 1 is 1.32 bits per heavy atom. The SMILES string of the molecule is Cc1c(Br)cc(C(C)(C)C)c(O)c1C(=O)Nc1ccc(C#N)cc1Cl. The fourth-order valence-electron chi connectivity index (χ4n) is 2.46. The van der Waals surface area contributed by atoms with Crippen LogP contribution in [0.2, 0.25) is 5.02 Å². The van der Waals surface area contributed by atoms with Crippen LogP contribution in [0.1, 0.15) is 47.8 Å². The molecule has 2 N–H and O–H groups in total. The molecule has 6 heteroatoms. The van der Waals surface area contributed by atoms with E-state index < -0.39 is 5.91 Å². The lowest BCUT2D eigenvalue weighted by Gasteiger charge is -2.23. The molecule has 0 aliphatic heterocycles. The molecule has 4 nitrogen and oxygen atoms in total. The van der Waals surface area contributed by atoms with E-state index in [4.69, 9.17) is 16.9 Å². The van der Waals surface area contributed by atoms with E-state index in [-0.39, 0.29) is 21.8 Å². The molecule has 2 aromatic carbocycles. The zero-order valence-electron chi connectivity index (χ0n) is 14.4. The first-order valence-electron chi connectivity index (χ1n) is 7.59. The molecule has 130 valence electrons. The number of anilines is 1. The largest absolute Gasteiger partial charge is 0.507 e. The number of hydrogen-bond acceptors (Lipinski definition) is 3. The second-order valence-electron chi connectivity index (χ2n) is 6.77. The Kier molecular flexibility index (Phi) is 5.46. The summed E-state index contributed by atoms with van der Waals surface area (Å²) in [7, 11) is 0. The Bertz CT molecular complexity index is 896. The van der Waals surface area contributed by atoms with Crippen LogP contribution in [0.4, 0.5) is 5.69 Å². The molecule has 0 fully saturated rings. The van der Waals surface area contributed by atoms with E-state index in [1.165, 1.54) is 6.07 Å². The Hall–Kier alpha value is -2.03. The number of nitrogens with zero attached hydrogens (tertiary/aromatic N) is 1. The molecular formula is C19H18BrClN2O2. The Labute approximate surface area is 160 Å². The number of phenolic OH excluding ortho intramolecular Hbond substituents is 1. The maximum absolute atomic E-state index is 12.8. The molecule has 0 atom stereocenters. The van der Waals surface area contributed by atoms with Crippen LogP contribution in [0.15, 0.2) is 28.7 Å². The number of rotatable bonds is 2. The van der Waals surface area contributed by atoms with E-state index in [9.17, 15) is 9.90 Å². The summed E-state index contributed by atoms with van der Waals surface area (Å²) in [6, 6.07) is 8.42. The van der Waals surface area contributed by atoms with Crippen LogP contribution in [0.3, 0.4) is 0 Å². The predicted octanol–water partition coefficient (Wildman–Crippen LogP) is 5.54. The van der Waals surface area contributed by atoms with Gasteiger partial charge in [-0.1, -0.05) is 48.3 Å². The molecule has 0 heterocycles. The Morgan fingerprint density at radius 3 is 2.48 bits per heavy atom. The van der Waals surface area contributed by atoms with Crippen molar-refractivity contribution in [3.8, 4) is 11.8 Å². The maximum atomic E-state index is 12.8. The maximum Gasteiger partial charge on any atom is 0.259 e. The van der Waals surface area contributed by atoms with E-state index in [1.807, 2.05) is 32.9 Å². The van der Waals surface area contributed by atoms with E-state index in [2.05, 4.69) is 21.2 Å². The number of carbonyl (C=O) groups excluding carboxylic acids is 1. The molecule has 0 saturated heterocycles. The van der Waals surface area contributed by atoms with Gasteiger partial charge in [0, 0.05) is 10.0 Å². The third-order valence-corrected chi connectivity index (χ3v) is 5.01. The predicted molar refractivity (Wildman–Crippen MR) is 103 cm³/mol. The summed E-state index contributed by atoms with van der Waals surface area (Å²) in [5.74, 6) is -0.510. The normalized spacial score (nSPS) is 11.1. The highest BCUT2D eigenvalue weighted by molar-refractivity contribution is 9.10. The van der Waals surface area contributed by atoms with Crippen molar-refractivity contribution in [2.24, 2.45) is 0 Å². The first-order valence-corrected chi connectivity index (χ1v) is 8.77. The number of nitrogens with one attached hydrogen (secondary N) is 1. The van der Waals surface area contributed by atoms with Gasteiger partial charge in [0.25, 0.3) is 5.91 Å². The van der Waals surface area contributed by atoms with Gasteiger partial charge < -0.3 is 10.4 Å². The standard InChI is InChI=1S/C19H18BrClN2O2/c1-10-13(20)8-12(19(2,3)4)17(24)16(10)18(25)23-15-6-5-11(9-22)7-14(15)21/h5-8,24H,1-4H3,(H,23,25). The summed E-state index contributed by atoms with van der Waals surface area (Å²) in [6.45, 7) is 7.64. The molecule has 2 aromatic rings. The summed E-state index contributed by atoms with van der Waals surface area (Å²) < 4.78 is 0.742. The van der Waals surface area contributed by atoms with Gasteiger partial charge in [-0.05, 0) is 42.2 Å². The zero-order valence-corrected chi connectivity index (χ0v) is 16.7. The lowest BCUT2D eigenvalue weighted by atomic mass is 9.84. The molecule has 25 heavy (non-hydrogen) atoms. The minimum absolute atomic E-state index is 0.0459. The molecule has 0 radical (unpaired) electrons. The first kappa shape index (κ1) is 19.3. The van der Waals surface area contributed by atoms with Crippen LogP contribution >= 0.6 is 27.5 Å². The number of phenols is 1. The van der Waals surface area contributed by atoms with Gasteiger partial charge >= 0.3 is 0 Å². The third-order valence-electron chi connectivity index (χ3n) is 3.88. The van der Waals surface area contributed by atoms with E-state index in [0.717, 1.165) is 4.47 Å². The molecule has 2 rings (SSSR count). The zero-order chi connectivity index (χ0) is 18.9. The average molecular weight is 422 g/mol. The molecule has 0 aliphatic rings. The summed E-state index contributed by atoms with van der Waals surface area (Å²) in [4.78, 5) is 12.8. The highest BCUT2D eigenvalue weighted by atomic mass is 79.9. The van der Waals surface area contributed by atoms with Gasteiger partial charge in [-0.2, -0.15) is 5.26 Å². The second kappa shape index (κ2) is 7.07. The van der Waals surface area contributed by atoms with E-state index in [1.54, 1.807) is 19.1 Å². The van der Waals surface area contributed by atoms with Crippen molar-refractivity contribution >= 4 is 39.1 Å². The van der Waals surface area contributed by atoms with Crippen LogP contribution in [0.5, 0.6) is 5.75 Å². The highest BCUT2D eigenvalue weighted by Gasteiger charge is 2.26. The van der Waals surface area contributed by atoms with Crippen LogP contribution in [0.25, 0.3) is 0 Å². The molecule has 0 bridgehead atoms. The molecule has 0 unspecified atom stereocenters. The quantitative estimate of drug-likeness (QED) is 0.669. The second-order valence-corrected chi connectivity index (χ2v) is 8.03. The average Bonchev–Trinajstić information content (AvgIpc) is 2.51. The van der Waals surface area contributed by atoms with Crippen molar-refractivity contribution < 1.29 is 9.90 Å². The first-order chi connectivity index (χ1) is 11.6. The van der Waals surface area contributed by atoms with Crippen molar-refractivity contribution in [2.45, 2.75) is 33.1 Å². The topological polar surface area (TPSA) is 73.1 Å². The fraction of sp³-hybridized carbons (Fsp3) is 0.263. The van der Waals surface area contributed by atoms with Gasteiger partial charge in [0.2, 0.25) is 0 Å². The van der Waals surface area contributed by atoms with E-state index in [0.29, 0.717) is 22.4 Å². The van der Waals surface area contributed by atoms with Crippen LogP contribution in [-0.4, -0.2) is 11.0 Å². The number of benzene rings is 2. The van der Waals surface area contributed by atoms with Gasteiger partial charge in [-0.15, -0.1) is 0 Å². The number of hydrogen-bond donors (Lipinski definition) is 2. The highest BCUT2D eigenvalue weighted by Crippen LogP contribution is 2.39. The number of carbonyl (C=O) groups is 1. The van der Waals surface area contributed by atoms with Gasteiger partial charge in [0.05, 0.1) is 27.9 Å². The molecule has 0 saturated carbocycles. The van der Waals surface area contributed by atoms with Crippen molar-refractivity contribution in [3.63, 3.8) is 0 Å². The minimum Gasteiger partial charge on any atom is -0.507 e. The third kappa shape index (κ3) is 3.97. The van der Waals surface area contributed by atoms with Gasteiger partial charge in [0.1, 0.15) is 5.75 Å². The molecule has 1 amide bonds. The molecule has 0 spiro atoms. The van der Waals surface area contributed by atoms with Crippen LogP contribution in [0, 0.1) is 18.3 Å². The smallest absolute Gasteiger partial charge is 0.259 e. The molecule has 0 aromatic heterocycles. The minimum atomic E-state index is -0.464.